The van der Waals surface area contributed by atoms with Crippen molar-refractivity contribution >= 4 is 17.7 Å². The molecule has 1 saturated heterocycles. The number of rotatable bonds is 4. The fraction of sp³-hybridized carbons (Fsp3) is 0.750. The summed E-state index contributed by atoms with van der Waals surface area (Å²) < 4.78 is 1.84. The normalized spacial score (nSPS) is 19.7. The van der Waals surface area contributed by atoms with Gasteiger partial charge in [0.2, 0.25) is 5.91 Å². The van der Waals surface area contributed by atoms with Crippen molar-refractivity contribution in [3.8, 4) is 0 Å². The first-order valence-electron chi connectivity index (χ1n) is 6.43. The predicted octanol–water partition coefficient (Wildman–Crippen LogP) is 0.376. The summed E-state index contributed by atoms with van der Waals surface area (Å²) in [5.74, 6) is 2.39. The molecule has 0 aromatic carbocycles. The van der Waals surface area contributed by atoms with Crippen LogP contribution in [-0.4, -0.2) is 55.8 Å². The molecule has 1 aromatic rings. The van der Waals surface area contributed by atoms with E-state index in [-0.39, 0.29) is 18.4 Å². The molecule has 0 radical (unpaired) electrons. The number of carbonyl (C=O) groups excluding carboxylic acids is 1. The quantitative estimate of drug-likeness (QED) is 0.865. The van der Waals surface area contributed by atoms with Crippen LogP contribution in [0.2, 0.25) is 0 Å². The highest BCUT2D eigenvalue weighted by Gasteiger charge is 2.27. The van der Waals surface area contributed by atoms with Gasteiger partial charge in [0.15, 0.2) is 5.82 Å². The molecule has 1 aliphatic heterocycles. The van der Waals surface area contributed by atoms with Crippen LogP contribution in [0, 0.1) is 0 Å². The first-order chi connectivity index (χ1) is 9.17. The Hall–Kier alpha value is -1.08. The van der Waals surface area contributed by atoms with Crippen LogP contribution in [-0.2, 0) is 18.4 Å². The molecule has 0 aliphatic carbocycles. The van der Waals surface area contributed by atoms with Crippen LogP contribution in [0.15, 0.2) is 0 Å². The average molecular weight is 284 g/mol. The van der Waals surface area contributed by atoms with Crippen molar-refractivity contribution in [1.29, 1.82) is 0 Å². The third kappa shape index (κ3) is 3.09. The molecule has 6 nitrogen and oxygen atoms in total. The number of thioether (sulfide) groups is 1. The Morgan fingerprint density at radius 2 is 2.32 bits per heavy atom. The molecule has 1 aliphatic rings. The molecule has 7 heteroatoms. The monoisotopic (exact) mass is 284 g/mol. The zero-order valence-electron chi connectivity index (χ0n) is 11.4. The van der Waals surface area contributed by atoms with Gasteiger partial charge in [-0.25, -0.2) is 0 Å². The zero-order chi connectivity index (χ0) is 13.8. The van der Waals surface area contributed by atoms with E-state index in [4.69, 9.17) is 5.11 Å². The minimum atomic E-state index is -0.106. The Morgan fingerprint density at radius 1 is 1.53 bits per heavy atom. The molecule has 1 atom stereocenters. The van der Waals surface area contributed by atoms with Gasteiger partial charge in [-0.15, -0.1) is 10.2 Å². The number of nitrogens with zero attached hydrogens (tertiary/aromatic N) is 4. The zero-order valence-corrected chi connectivity index (χ0v) is 12.2. The van der Waals surface area contributed by atoms with Gasteiger partial charge in [-0.3, -0.25) is 4.79 Å². The minimum Gasteiger partial charge on any atom is -0.388 e. The van der Waals surface area contributed by atoms with Gasteiger partial charge in [-0.1, -0.05) is 0 Å². The van der Waals surface area contributed by atoms with Gasteiger partial charge in [-0.2, -0.15) is 11.8 Å². The second-order valence-electron chi connectivity index (χ2n) is 4.80. The van der Waals surface area contributed by atoms with Crippen LogP contribution in [0.25, 0.3) is 0 Å². The number of aliphatic hydroxyl groups is 1. The smallest absolute Gasteiger partial charge is 0.232 e. The highest BCUT2D eigenvalue weighted by molar-refractivity contribution is 7.99. The van der Waals surface area contributed by atoms with Crippen molar-refractivity contribution < 1.29 is 9.90 Å². The second-order valence-corrected chi connectivity index (χ2v) is 5.67. The standard InChI is InChI=1S/C12H20N4O2S/c1-15-10(7-17)13-14-12(15)9-4-3-5-16(6-9)11(18)8-19-2/h9,17H,3-8H2,1-2H3. The maximum absolute atomic E-state index is 11.9. The summed E-state index contributed by atoms with van der Waals surface area (Å²) in [4.78, 5) is 13.9. The van der Waals surface area contributed by atoms with E-state index in [0.717, 1.165) is 25.2 Å². The third-order valence-electron chi connectivity index (χ3n) is 3.55. The van der Waals surface area contributed by atoms with Crippen molar-refractivity contribution in [3.63, 3.8) is 0 Å². The van der Waals surface area contributed by atoms with Gasteiger partial charge in [0, 0.05) is 26.1 Å². The number of amides is 1. The van der Waals surface area contributed by atoms with E-state index in [0.29, 0.717) is 18.1 Å². The summed E-state index contributed by atoms with van der Waals surface area (Å²) in [7, 11) is 1.86. The van der Waals surface area contributed by atoms with Crippen LogP contribution in [0.3, 0.4) is 0 Å². The molecule has 0 saturated carbocycles. The maximum atomic E-state index is 11.9. The van der Waals surface area contributed by atoms with Gasteiger partial charge in [0.25, 0.3) is 0 Å². The summed E-state index contributed by atoms with van der Waals surface area (Å²) in [5.41, 5.74) is 0. The number of likely N-dealkylation sites (tertiary alicyclic amines) is 1. The van der Waals surface area contributed by atoms with Crippen molar-refractivity contribution in [1.82, 2.24) is 19.7 Å². The molecule has 19 heavy (non-hydrogen) atoms. The molecular weight excluding hydrogens is 264 g/mol. The fourth-order valence-corrected chi connectivity index (χ4v) is 2.93. The van der Waals surface area contributed by atoms with Crippen molar-refractivity contribution in [2.24, 2.45) is 7.05 Å². The van der Waals surface area contributed by atoms with E-state index in [1.807, 2.05) is 22.8 Å². The summed E-state index contributed by atoms with van der Waals surface area (Å²) in [6, 6.07) is 0. The summed E-state index contributed by atoms with van der Waals surface area (Å²) in [5, 5.41) is 17.3. The van der Waals surface area contributed by atoms with E-state index >= 15 is 0 Å². The SMILES string of the molecule is CSCC(=O)N1CCCC(c2nnc(CO)n2C)C1. The Bertz CT molecular complexity index is 449. The van der Waals surface area contributed by atoms with E-state index in [9.17, 15) is 4.79 Å². The number of piperidine rings is 1. The highest BCUT2D eigenvalue weighted by Crippen LogP contribution is 2.26. The highest BCUT2D eigenvalue weighted by atomic mass is 32.2. The van der Waals surface area contributed by atoms with Crippen LogP contribution in [0.4, 0.5) is 0 Å². The first-order valence-corrected chi connectivity index (χ1v) is 7.82. The van der Waals surface area contributed by atoms with Gasteiger partial charge in [0.1, 0.15) is 12.4 Å². The van der Waals surface area contributed by atoms with E-state index in [1.54, 1.807) is 11.8 Å². The maximum Gasteiger partial charge on any atom is 0.232 e. The Balaban J connectivity index is 2.08. The molecule has 1 N–H and O–H groups in total. The van der Waals surface area contributed by atoms with E-state index < -0.39 is 0 Å². The number of carbonyl (C=O) groups is 1. The molecule has 0 bridgehead atoms. The number of hydrogen-bond donors (Lipinski definition) is 1. The Kier molecular flexibility index (Phi) is 4.81. The lowest BCUT2D eigenvalue weighted by molar-refractivity contribution is -0.129. The van der Waals surface area contributed by atoms with Crippen molar-refractivity contribution in [2.45, 2.75) is 25.4 Å². The lowest BCUT2D eigenvalue weighted by Gasteiger charge is -2.32. The molecule has 1 amide bonds. The van der Waals surface area contributed by atoms with Crippen LogP contribution < -0.4 is 0 Å². The molecule has 2 heterocycles. The first kappa shape index (κ1) is 14.3. The Labute approximate surface area is 117 Å². The van der Waals surface area contributed by atoms with Gasteiger partial charge in [0.05, 0.1) is 5.75 Å². The fourth-order valence-electron chi connectivity index (χ4n) is 2.50. The predicted molar refractivity (Wildman–Crippen MR) is 73.9 cm³/mol. The molecule has 106 valence electrons. The average Bonchev–Trinajstić information content (AvgIpc) is 2.80. The molecule has 2 rings (SSSR count). The van der Waals surface area contributed by atoms with Gasteiger partial charge in [-0.05, 0) is 19.1 Å². The topological polar surface area (TPSA) is 71.2 Å². The Morgan fingerprint density at radius 3 is 2.95 bits per heavy atom. The third-order valence-corrected chi connectivity index (χ3v) is 4.08. The van der Waals surface area contributed by atoms with Crippen LogP contribution in [0.5, 0.6) is 0 Å². The number of hydrogen-bond acceptors (Lipinski definition) is 5. The largest absolute Gasteiger partial charge is 0.388 e. The number of aliphatic hydroxyl groups excluding tert-OH is 1. The van der Waals surface area contributed by atoms with Crippen molar-refractivity contribution in [3.05, 3.63) is 11.6 Å². The number of aromatic nitrogens is 3. The molecule has 1 aromatic heterocycles. The van der Waals surface area contributed by atoms with Gasteiger partial charge < -0.3 is 14.6 Å². The molecular formula is C12H20N4O2S. The summed E-state index contributed by atoms with van der Waals surface area (Å²) >= 11 is 1.55. The second kappa shape index (κ2) is 6.38. The molecule has 0 spiro atoms. The van der Waals surface area contributed by atoms with Crippen LogP contribution in [0.1, 0.15) is 30.4 Å². The van der Waals surface area contributed by atoms with Crippen LogP contribution >= 0.6 is 11.8 Å². The van der Waals surface area contributed by atoms with Crippen molar-refractivity contribution in [2.75, 3.05) is 25.1 Å². The minimum absolute atomic E-state index is 0.106. The van der Waals surface area contributed by atoms with E-state index in [1.165, 1.54) is 0 Å². The van der Waals surface area contributed by atoms with Gasteiger partial charge >= 0.3 is 0 Å². The summed E-state index contributed by atoms with van der Waals surface area (Å²) in [6.07, 6.45) is 3.95. The lowest BCUT2D eigenvalue weighted by Crippen LogP contribution is -2.40. The molecule has 1 unspecified atom stereocenters. The lowest BCUT2D eigenvalue weighted by atomic mass is 9.97. The summed E-state index contributed by atoms with van der Waals surface area (Å²) in [6.45, 7) is 1.43. The molecule has 1 fully saturated rings. The van der Waals surface area contributed by atoms with E-state index in [2.05, 4.69) is 10.2 Å².